The molecule has 0 N–H and O–H groups in total. The van der Waals surface area contributed by atoms with Crippen LogP contribution < -0.4 is 4.74 Å². The van der Waals surface area contributed by atoms with Crippen molar-refractivity contribution in [3.63, 3.8) is 0 Å². The summed E-state index contributed by atoms with van der Waals surface area (Å²) < 4.78 is 10.7. The zero-order chi connectivity index (χ0) is 75.2. The predicted molar refractivity (Wildman–Crippen MR) is 441 cm³/mol. The van der Waals surface area contributed by atoms with E-state index in [0.717, 1.165) is 23.0 Å². The lowest BCUT2D eigenvalue weighted by Crippen LogP contribution is -2.22. The highest BCUT2D eigenvalue weighted by atomic mass is 16.5. The first kappa shape index (κ1) is 80.8. The number of para-hydroxylation sites is 1. The second-order valence-electron chi connectivity index (χ2n) is 34.2. The molecule has 0 spiro atoms. The van der Waals surface area contributed by atoms with Gasteiger partial charge in [-0.2, -0.15) is 4.98 Å². The van der Waals surface area contributed by atoms with Gasteiger partial charge in [0.25, 0.3) is 0 Å². The van der Waals surface area contributed by atoms with Gasteiger partial charge in [0.1, 0.15) is 11.5 Å². The molecule has 538 valence electrons. The van der Waals surface area contributed by atoms with Crippen molar-refractivity contribution in [3.05, 3.63) is 324 Å². The second kappa shape index (κ2) is 36.1. The number of ether oxygens (including phenoxy) is 1. The molecule has 1 atom stereocenters. The normalized spacial score (nSPS) is 12.9. The number of aromatic nitrogens is 4. The fourth-order valence-corrected chi connectivity index (χ4v) is 11.8. The summed E-state index contributed by atoms with van der Waals surface area (Å²) in [4.78, 5) is 12.4. The number of fused-ring (bicyclic) bond motifs is 2. The highest BCUT2D eigenvalue weighted by molar-refractivity contribution is 5.83. The topological polar surface area (TPSA) is 73.9 Å². The standard InChI is InChI=1S/C16H18O.2C15H17N.C14H20.C14H16.C13H16N2O.C10H14/c1-16(2,3)13-9-11-15(12-10-13)17-14-7-5-4-6-8-14;1-15(2,3)14-6-4-12(5-7-14)13-8-10-16-11-9-13;1-15(2,3)14-8-6-12(7-9-14)13-5-4-10-16-11-13;1-14(2,3)13-10-6-8-11-7-4-5-9-12(11)13;1-14(2,3)13-9-8-11-6-4-5-7-12(11)10-13;1-9-14-12(15-16-9)10-6-5-7-11(8-10)13(2,3)4;1-10(2,3)9-7-5-4-6-8-9/h4-12H,1-3H3;2*4-11H,1-3H3;4-5,7,9,13H,6,8,10H2,1-3H3;4-10H,1-3H3;5-8H,1-4H3;4-8H,1-3H3. The third-order valence-electron chi connectivity index (χ3n) is 18.4. The quantitative estimate of drug-likeness (QED) is 0.171. The number of benzene rings is 9. The average Bonchev–Trinajstić information content (AvgIpc) is 1.66. The van der Waals surface area contributed by atoms with Crippen LogP contribution in [0.1, 0.15) is 215 Å². The Kier molecular flexibility index (Phi) is 28.3. The number of nitrogens with zero attached hydrogens (tertiary/aromatic N) is 4. The molecular formula is C97H118N4O2. The number of rotatable bonds is 5. The Morgan fingerprint density at radius 1 is 0.340 bits per heavy atom. The van der Waals surface area contributed by atoms with Crippen LogP contribution in [0, 0.1) is 12.3 Å². The second-order valence-corrected chi connectivity index (χ2v) is 34.2. The number of hydrogen-bond acceptors (Lipinski definition) is 6. The summed E-state index contributed by atoms with van der Waals surface area (Å²) in [6.07, 6.45) is 11.3. The van der Waals surface area contributed by atoms with Gasteiger partial charge in [-0.25, -0.2) is 0 Å². The fraction of sp³-hybridized carbons (Fsp3) is 0.340. The molecule has 0 saturated heterocycles. The van der Waals surface area contributed by atoms with Crippen molar-refractivity contribution >= 4 is 10.8 Å². The van der Waals surface area contributed by atoms with Crippen LogP contribution in [0.5, 0.6) is 11.5 Å². The van der Waals surface area contributed by atoms with Gasteiger partial charge in [0.05, 0.1) is 0 Å². The Hall–Kier alpha value is -9.52. The van der Waals surface area contributed by atoms with E-state index in [1.54, 1.807) is 24.2 Å². The molecule has 1 aliphatic carbocycles. The summed E-state index contributed by atoms with van der Waals surface area (Å²) in [6.45, 7) is 48.9. The van der Waals surface area contributed by atoms with E-state index in [1.165, 1.54) is 85.7 Å². The molecule has 9 aromatic carbocycles. The molecule has 0 amide bonds. The van der Waals surface area contributed by atoms with Gasteiger partial charge in [-0.3, -0.25) is 9.97 Å². The van der Waals surface area contributed by atoms with Crippen LogP contribution >= 0.6 is 0 Å². The Labute approximate surface area is 620 Å². The summed E-state index contributed by atoms with van der Waals surface area (Å²) in [5.74, 6) is 3.76. The van der Waals surface area contributed by atoms with Crippen molar-refractivity contribution in [2.75, 3.05) is 0 Å². The van der Waals surface area contributed by atoms with E-state index in [1.807, 2.05) is 91.4 Å². The van der Waals surface area contributed by atoms with Gasteiger partial charge in [0, 0.05) is 37.3 Å². The van der Waals surface area contributed by atoms with Gasteiger partial charge >= 0.3 is 0 Å². The molecule has 0 radical (unpaired) electrons. The van der Waals surface area contributed by atoms with Gasteiger partial charge in [-0.1, -0.05) is 351 Å². The molecule has 0 saturated carbocycles. The molecule has 103 heavy (non-hydrogen) atoms. The summed E-state index contributed by atoms with van der Waals surface area (Å²) in [5.41, 5.74) is 18.9. The third kappa shape index (κ3) is 26.0. The lowest BCUT2D eigenvalue weighted by Gasteiger charge is -2.35. The van der Waals surface area contributed by atoms with Crippen LogP contribution in [0.3, 0.4) is 0 Å². The highest BCUT2D eigenvalue weighted by Gasteiger charge is 2.30. The summed E-state index contributed by atoms with van der Waals surface area (Å²) in [6, 6.07) is 86.7. The van der Waals surface area contributed by atoms with Gasteiger partial charge in [0.15, 0.2) is 0 Å². The van der Waals surface area contributed by atoms with Crippen molar-refractivity contribution in [2.24, 2.45) is 5.41 Å². The van der Waals surface area contributed by atoms with Crippen molar-refractivity contribution in [1.82, 2.24) is 20.1 Å². The van der Waals surface area contributed by atoms with Crippen LogP contribution in [0.4, 0.5) is 0 Å². The maximum absolute atomic E-state index is 5.75. The summed E-state index contributed by atoms with van der Waals surface area (Å²) in [7, 11) is 0. The molecule has 6 heteroatoms. The number of hydrogen-bond donors (Lipinski definition) is 0. The SMILES string of the molecule is CC(C)(C)C1CCCc2ccccc21.CC(C)(C)c1ccc(-c2cccnc2)cc1.CC(C)(C)c1ccc(-c2ccncc2)cc1.CC(C)(C)c1ccc(Oc2ccccc2)cc1.CC(C)(C)c1ccc2ccccc2c1.CC(C)(C)c1ccccc1.Cc1nc(-c2cccc(C(C)(C)C)c2)no1. The van der Waals surface area contributed by atoms with E-state index in [0.29, 0.717) is 22.5 Å². The van der Waals surface area contributed by atoms with Gasteiger partial charge < -0.3 is 9.26 Å². The first-order valence-electron chi connectivity index (χ1n) is 36.8. The van der Waals surface area contributed by atoms with E-state index in [-0.39, 0.29) is 27.1 Å². The fourth-order valence-electron chi connectivity index (χ4n) is 11.8. The van der Waals surface area contributed by atoms with Crippen molar-refractivity contribution in [1.29, 1.82) is 0 Å². The van der Waals surface area contributed by atoms with Crippen LogP contribution in [0.25, 0.3) is 44.4 Å². The first-order chi connectivity index (χ1) is 48.4. The minimum Gasteiger partial charge on any atom is -0.457 e. The van der Waals surface area contributed by atoms with E-state index >= 15 is 0 Å². The van der Waals surface area contributed by atoms with E-state index < -0.39 is 0 Å². The monoisotopic (exact) mass is 1370 g/mol. The first-order valence-corrected chi connectivity index (χ1v) is 36.8. The third-order valence-corrected chi connectivity index (χ3v) is 18.4. The Balaban J connectivity index is 0.000000169. The Morgan fingerprint density at radius 2 is 0.767 bits per heavy atom. The van der Waals surface area contributed by atoms with E-state index in [4.69, 9.17) is 9.26 Å². The molecule has 0 aliphatic heterocycles. The maximum atomic E-state index is 5.75. The maximum Gasteiger partial charge on any atom is 0.223 e. The smallest absolute Gasteiger partial charge is 0.223 e. The van der Waals surface area contributed by atoms with Gasteiger partial charge in [0.2, 0.25) is 11.7 Å². The molecule has 13 rings (SSSR count). The molecule has 6 nitrogen and oxygen atoms in total. The summed E-state index contributed by atoms with van der Waals surface area (Å²) in [5, 5.41) is 6.58. The van der Waals surface area contributed by atoms with Crippen molar-refractivity contribution < 1.29 is 9.26 Å². The molecule has 3 heterocycles. The van der Waals surface area contributed by atoms with Crippen molar-refractivity contribution in [3.8, 4) is 45.1 Å². The zero-order valence-corrected chi connectivity index (χ0v) is 66.3. The van der Waals surface area contributed by atoms with Crippen LogP contribution in [0.2, 0.25) is 0 Å². The Morgan fingerprint density at radius 3 is 1.26 bits per heavy atom. The molecule has 12 aromatic rings. The lowest BCUT2D eigenvalue weighted by molar-refractivity contribution is 0.289. The summed E-state index contributed by atoms with van der Waals surface area (Å²) >= 11 is 0. The van der Waals surface area contributed by atoms with E-state index in [9.17, 15) is 0 Å². The Bertz CT molecular complexity index is 4340. The largest absolute Gasteiger partial charge is 0.457 e. The molecule has 1 unspecified atom stereocenters. The average molecular weight is 1370 g/mol. The van der Waals surface area contributed by atoms with Gasteiger partial charge in [-0.05, 0) is 189 Å². The molecule has 0 bridgehead atoms. The number of aryl methyl sites for hydroxylation is 2. The van der Waals surface area contributed by atoms with Crippen LogP contribution in [-0.2, 0) is 38.9 Å². The molecule has 3 aromatic heterocycles. The predicted octanol–water partition coefficient (Wildman–Crippen LogP) is 27.5. The van der Waals surface area contributed by atoms with Gasteiger partial charge in [-0.15, -0.1) is 0 Å². The number of pyridine rings is 2. The molecule has 1 aliphatic rings. The molecule has 0 fully saturated rings. The van der Waals surface area contributed by atoms with Crippen LogP contribution in [0.15, 0.2) is 278 Å². The van der Waals surface area contributed by atoms with Crippen molar-refractivity contribution in [2.45, 2.75) is 210 Å². The zero-order valence-electron chi connectivity index (χ0n) is 66.3. The lowest BCUT2D eigenvalue weighted by atomic mass is 9.69. The van der Waals surface area contributed by atoms with E-state index in [2.05, 4.69) is 341 Å². The highest BCUT2D eigenvalue weighted by Crippen LogP contribution is 2.43. The minimum atomic E-state index is 0.134. The minimum absolute atomic E-state index is 0.134. The molecular weight excluding hydrogens is 1250 g/mol. The van der Waals surface area contributed by atoms with Crippen LogP contribution in [-0.4, -0.2) is 20.1 Å².